The Bertz CT molecular complexity index is 443. The van der Waals surface area contributed by atoms with Gasteiger partial charge in [-0.05, 0) is 23.6 Å². The van der Waals surface area contributed by atoms with E-state index >= 15 is 0 Å². The third-order valence-electron chi connectivity index (χ3n) is 2.72. The second-order valence-electron chi connectivity index (χ2n) is 4.24. The molecule has 0 radical (unpaired) electrons. The quantitative estimate of drug-likeness (QED) is 0.733. The van der Waals surface area contributed by atoms with Crippen LogP contribution >= 0.6 is 0 Å². The van der Waals surface area contributed by atoms with Crippen molar-refractivity contribution in [2.24, 2.45) is 5.92 Å². The van der Waals surface area contributed by atoms with Crippen LogP contribution in [0.2, 0.25) is 0 Å². The highest BCUT2D eigenvalue weighted by Gasteiger charge is 2.11. The van der Waals surface area contributed by atoms with Crippen LogP contribution in [0.4, 0.5) is 0 Å². The van der Waals surface area contributed by atoms with E-state index in [0.717, 1.165) is 12.0 Å². The molecule has 5 heteroatoms. The number of aromatic nitrogens is 1. The third-order valence-corrected chi connectivity index (χ3v) is 2.72. The van der Waals surface area contributed by atoms with Crippen molar-refractivity contribution in [2.45, 2.75) is 19.8 Å². The molecule has 1 atom stereocenters. The zero-order valence-corrected chi connectivity index (χ0v) is 10.9. The summed E-state index contributed by atoms with van der Waals surface area (Å²) in [6, 6.07) is 3.63. The molecule has 0 fully saturated rings. The molecule has 102 valence electrons. The summed E-state index contributed by atoms with van der Waals surface area (Å²) in [6.45, 7) is 2.28. The Labute approximate surface area is 112 Å². The van der Waals surface area contributed by atoms with Gasteiger partial charge in [0.2, 0.25) is 5.91 Å². The fourth-order valence-electron chi connectivity index (χ4n) is 1.56. The van der Waals surface area contributed by atoms with Crippen LogP contribution in [-0.2, 0) is 9.59 Å². The van der Waals surface area contributed by atoms with Crippen molar-refractivity contribution in [1.82, 2.24) is 10.3 Å². The van der Waals surface area contributed by atoms with E-state index in [2.05, 4.69) is 10.3 Å². The summed E-state index contributed by atoms with van der Waals surface area (Å²) in [7, 11) is 0. The van der Waals surface area contributed by atoms with Gasteiger partial charge >= 0.3 is 5.97 Å². The molecule has 0 saturated carbocycles. The lowest BCUT2D eigenvalue weighted by molar-refractivity contribution is -0.138. The van der Waals surface area contributed by atoms with Crippen molar-refractivity contribution >= 4 is 18.0 Å². The smallest absolute Gasteiger partial charge is 0.303 e. The summed E-state index contributed by atoms with van der Waals surface area (Å²) in [5, 5.41) is 11.4. The van der Waals surface area contributed by atoms with Crippen molar-refractivity contribution in [3.05, 3.63) is 36.2 Å². The summed E-state index contributed by atoms with van der Waals surface area (Å²) in [4.78, 5) is 26.1. The van der Waals surface area contributed by atoms with Gasteiger partial charge in [-0.25, -0.2) is 0 Å². The van der Waals surface area contributed by atoms with Crippen LogP contribution in [0.5, 0.6) is 0 Å². The van der Waals surface area contributed by atoms with Gasteiger partial charge in [-0.1, -0.05) is 19.4 Å². The van der Waals surface area contributed by atoms with Crippen molar-refractivity contribution in [1.29, 1.82) is 0 Å². The van der Waals surface area contributed by atoms with Crippen LogP contribution in [0.3, 0.4) is 0 Å². The van der Waals surface area contributed by atoms with E-state index in [1.807, 2.05) is 13.0 Å². The molecule has 0 aliphatic heterocycles. The van der Waals surface area contributed by atoms with Crippen molar-refractivity contribution < 1.29 is 14.7 Å². The number of carbonyl (C=O) groups is 2. The maximum atomic E-state index is 11.6. The predicted octanol–water partition coefficient (Wildman–Crippen LogP) is 1.71. The number of hydrogen-bond donors (Lipinski definition) is 2. The summed E-state index contributed by atoms with van der Waals surface area (Å²) in [5.74, 6) is -1.10. The molecule has 0 spiro atoms. The number of carbonyl (C=O) groups excluding carboxylic acids is 1. The first-order valence-corrected chi connectivity index (χ1v) is 6.19. The third kappa shape index (κ3) is 6.35. The van der Waals surface area contributed by atoms with Gasteiger partial charge in [0.25, 0.3) is 0 Å². The number of nitrogens with one attached hydrogen (secondary N) is 1. The first-order chi connectivity index (χ1) is 9.11. The number of carboxylic acids is 1. The number of aliphatic carboxylic acids is 1. The zero-order valence-electron chi connectivity index (χ0n) is 10.9. The highest BCUT2D eigenvalue weighted by Crippen LogP contribution is 2.06. The molecule has 0 aliphatic carbocycles. The summed E-state index contributed by atoms with van der Waals surface area (Å²) < 4.78 is 0. The van der Waals surface area contributed by atoms with Gasteiger partial charge in [0.1, 0.15) is 0 Å². The number of rotatable bonds is 7. The number of pyridine rings is 1. The van der Waals surface area contributed by atoms with E-state index in [4.69, 9.17) is 5.11 Å². The van der Waals surface area contributed by atoms with E-state index in [1.54, 1.807) is 24.5 Å². The number of hydrogen-bond acceptors (Lipinski definition) is 3. The molecule has 1 aromatic rings. The molecule has 0 saturated heterocycles. The molecule has 2 N–H and O–H groups in total. The Kier molecular flexibility index (Phi) is 6.29. The second-order valence-corrected chi connectivity index (χ2v) is 4.24. The molecular weight excluding hydrogens is 244 g/mol. The van der Waals surface area contributed by atoms with E-state index in [0.29, 0.717) is 6.54 Å². The minimum Gasteiger partial charge on any atom is -0.481 e. The fourth-order valence-corrected chi connectivity index (χ4v) is 1.56. The molecule has 1 aromatic heterocycles. The Morgan fingerprint density at radius 3 is 2.89 bits per heavy atom. The first-order valence-electron chi connectivity index (χ1n) is 6.19. The van der Waals surface area contributed by atoms with Gasteiger partial charge in [0, 0.05) is 31.4 Å². The average Bonchev–Trinajstić information content (AvgIpc) is 2.42. The Balaban J connectivity index is 2.39. The van der Waals surface area contributed by atoms with E-state index < -0.39 is 5.97 Å². The zero-order chi connectivity index (χ0) is 14.1. The number of nitrogens with zero attached hydrogens (tertiary/aromatic N) is 1. The SMILES string of the molecule is CCC(CNC(=O)/C=C/c1cccnc1)CC(=O)O. The number of carboxylic acid groups (broad SMARTS) is 1. The standard InChI is InChI=1S/C14H18N2O3/c1-2-11(8-14(18)19)10-16-13(17)6-5-12-4-3-7-15-9-12/h3-7,9,11H,2,8,10H2,1H3,(H,16,17)(H,18,19)/b6-5+. The molecular formula is C14H18N2O3. The molecule has 1 amide bonds. The summed E-state index contributed by atoms with van der Waals surface area (Å²) in [6.07, 6.45) is 7.20. The van der Waals surface area contributed by atoms with E-state index in [9.17, 15) is 9.59 Å². The molecule has 19 heavy (non-hydrogen) atoms. The molecule has 0 aromatic carbocycles. The van der Waals surface area contributed by atoms with Gasteiger partial charge in [-0.15, -0.1) is 0 Å². The largest absolute Gasteiger partial charge is 0.481 e. The molecule has 1 rings (SSSR count). The van der Waals surface area contributed by atoms with Crippen LogP contribution < -0.4 is 5.32 Å². The molecule has 1 unspecified atom stereocenters. The summed E-state index contributed by atoms with van der Waals surface area (Å²) >= 11 is 0. The van der Waals surface area contributed by atoms with Gasteiger partial charge < -0.3 is 10.4 Å². The minimum atomic E-state index is -0.841. The average molecular weight is 262 g/mol. The highest BCUT2D eigenvalue weighted by atomic mass is 16.4. The normalized spacial score (nSPS) is 12.3. The first kappa shape index (κ1) is 14.9. The van der Waals surface area contributed by atoms with Crippen molar-refractivity contribution in [2.75, 3.05) is 6.54 Å². The maximum Gasteiger partial charge on any atom is 0.303 e. The summed E-state index contributed by atoms with van der Waals surface area (Å²) in [5.41, 5.74) is 0.843. The van der Waals surface area contributed by atoms with Crippen LogP contribution in [0.25, 0.3) is 6.08 Å². The van der Waals surface area contributed by atoms with E-state index in [-0.39, 0.29) is 18.2 Å². The molecule has 0 aliphatic rings. The monoisotopic (exact) mass is 262 g/mol. The van der Waals surface area contributed by atoms with Crippen molar-refractivity contribution in [3.8, 4) is 0 Å². The van der Waals surface area contributed by atoms with Gasteiger partial charge in [0.05, 0.1) is 0 Å². The van der Waals surface area contributed by atoms with Crippen LogP contribution in [0.1, 0.15) is 25.3 Å². The van der Waals surface area contributed by atoms with E-state index in [1.165, 1.54) is 6.08 Å². The topological polar surface area (TPSA) is 79.3 Å². The Morgan fingerprint density at radius 2 is 2.32 bits per heavy atom. The molecule has 5 nitrogen and oxygen atoms in total. The van der Waals surface area contributed by atoms with Crippen LogP contribution in [-0.4, -0.2) is 28.5 Å². The van der Waals surface area contributed by atoms with Gasteiger partial charge in [-0.2, -0.15) is 0 Å². The lowest BCUT2D eigenvalue weighted by Crippen LogP contribution is -2.28. The second kappa shape index (κ2) is 8.02. The predicted molar refractivity (Wildman–Crippen MR) is 72.3 cm³/mol. The number of amides is 1. The lowest BCUT2D eigenvalue weighted by atomic mass is 10.0. The maximum absolute atomic E-state index is 11.6. The molecule has 0 bridgehead atoms. The molecule has 1 heterocycles. The highest BCUT2D eigenvalue weighted by molar-refractivity contribution is 5.91. The Hall–Kier alpha value is -2.17. The fraction of sp³-hybridized carbons (Fsp3) is 0.357. The Morgan fingerprint density at radius 1 is 1.53 bits per heavy atom. The van der Waals surface area contributed by atoms with Crippen LogP contribution in [0, 0.1) is 5.92 Å². The van der Waals surface area contributed by atoms with Crippen molar-refractivity contribution in [3.63, 3.8) is 0 Å². The van der Waals surface area contributed by atoms with Gasteiger partial charge in [0.15, 0.2) is 0 Å². The van der Waals surface area contributed by atoms with Gasteiger partial charge in [-0.3, -0.25) is 14.6 Å². The minimum absolute atomic E-state index is 0.0340. The van der Waals surface area contributed by atoms with Crippen LogP contribution in [0.15, 0.2) is 30.6 Å². The lowest BCUT2D eigenvalue weighted by Gasteiger charge is -2.12.